The maximum absolute atomic E-state index is 2.25. The fourth-order valence-corrected chi connectivity index (χ4v) is 1.79. The molecule has 0 rings (SSSR count). The Bertz CT molecular complexity index is 42.3. The second-order valence-corrected chi connectivity index (χ2v) is 4.70. The second-order valence-electron chi connectivity index (χ2n) is 2.34. The van der Waals surface area contributed by atoms with E-state index in [-0.39, 0.29) is 35.5 Å². The summed E-state index contributed by atoms with van der Waals surface area (Å²) >= 11 is 0. The van der Waals surface area contributed by atoms with E-state index in [1.54, 1.807) is 8.58 Å². The zero-order chi connectivity index (χ0) is 5.86. The van der Waals surface area contributed by atoms with Crippen LogP contribution in [0.4, 0.5) is 0 Å². The van der Waals surface area contributed by atoms with Gasteiger partial charge in [-0.25, -0.2) is 0 Å². The third-order valence-corrected chi connectivity index (χ3v) is 1.79. The van der Waals surface area contributed by atoms with Gasteiger partial charge in [-0.2, -0.15) is 11.3 Å². The molecular formula is C6H14ClMgP. The van der Waals surface area contributed by atoms with Crippen molar-refractivity contribution in [3.8, 4) is 0 Å². The third kappa shape index (κ3) is 17.7. The van der Waals surface area contributed by atoms with E-state index in [1.807, 2.05) is 0 Å². The molecule has 0 saturated heterocycles. The molecule has 0 aromatic heterocycles. The number of hydrogen-bond acceptors (Lipinski definition) is 0. The van der Waals surface area contributed by atoms with Gasteiger partial charge in [0.25, 0.3) is 0 Å². The molecule has 0 N–H and O–H groups in total. The molecule has 0 unspecified atom stereocenters. The third-order valence-electron chi connectivity index (χ3n) is 0.596. The van der Waals surface area contributed by atoms with E-state index >= 15 is 0 Å². The van der Waals surface area contributed by atoms with Gasteiger partial charge in [-0.05, 0) is 0 Å². The van der Waals surface area contributed by atoms with Crippen LogP contribution < -0.4 is 12.4 Å². The molecule has 52 valence electrons. The smallest absolute Gasteiger partial charge is 1.00 e. The van der Waals surface area contributed by atoms with Crippen molar-refractivity contribution in [3.63, 3.8) is 0 Å². The molecule has 0 nitrogen and oxygen atoms in total. The Hall–Kier alpha value is 1.49. The monoisotopic (exact) mass is 176 g/mol. The first kappa shape index (κ1) is 16.8. The molecule has 0 saturated carbocycles. The maximum Gasteiger partial charge on any atom is 2.00 e. The predicted molar refractivity (Wildman–Crippen MR) is 42.9 cm³/mol. The van der Waals surface area contributed by atoms with Crippen LogP contribution in [0.25, 0.3) is 0 Å². The van der Waals surface area contributed by atoms with Gasteiger partial charge in [0.05, 0.1) is 0 Å². The molecule has 0 amide bonds. The summed E-state index contributed by atoms with van der Waals surface area (Å²) in [5.74, 6) is 0. The van der Waals surface area contributed by atoms with Crippen LogP contribution in [-0.2, 0) is 0 Å². The van der Waals surface area contributed by atoms with Gasteiger partial charge >= 0.3 is 23.1 Å². The Balaban J connectivity index is -0.000000180. The van der Waals surface area contributed by atoms with Crippen LogP contribution in [0.2, 0.25) is 0 Å². The number of hydrogen-bond donors (Lipinski definition) is 0. The molecule has 0 fully saturated rings. The summed E-state index contributed by atoms with van der Waals surface area (Å²) in [7, 11) is 1.58. The first-order valence-corrected chi connectivity index (χ1v) is 3.86. The first-order chi connectivity index (χ1) is 3.13. The molecule has 3 heteroatoms. The average molecular weight is 177 g/mol. The van der Waals surface area contributed by atoms with Gasteiger partial charge < -0.3 is 21.0 Å². The molecule has 0 aliphatic rings. The summed E-state index contributed by atoms with van der Waals surface area (Å²) in [6.45, 7) is 9.01. The summed E-state index contributed by atoms with van der Waals surface area (Å²) in [5.41, 5.74) is 1.69. The predicted octanol–water partition coefficient (Wildman–Crippen LogP) is -0.627. The molecule has 0 aromatic carbocycles. The average Bonchev–Trinajstić information content (AvgIpc) is 1.27. The van der Waals surface area contributed by atoms with E-state index in [2.05, 4.69) is 27.7 Å². The second kappa shape index (κ2) is 9.49. The Morgan fingerprint density at radius 2 is 1.11 bits per heavy atom. The molecule has 0 aliphatic heterocycles. The van der Waals surface area contributed by atoms with Crippen LogP contribution in [-0.4, -0.2) is 34.4 Å². The van der Waals surface area contributed by atoms with Gasteiger partial charge in [0, 0.05) is 0 Å². The van der Waals surface area contributed by atoms with Gasteiger partial charge in [0.1, 0.15) is 0 Å². The molecule has 0 atom stereocenters. The molecule has 0 bridgehead atoms. The summed E-state index contributed by atoms with van der Waals surface area (Å²) in [6.07, 6.45) is 0. The topological polar surface area (TPSA) is 0 Å². The van der Waals surface area contributed by atoms with Crippen molar-refractivity contribution < 1.29 is 12.4 Å². The summed E-state index contributed by atoms with van der Waals surface area (Å²) in [5, 5.41) is 0. The van der Waals surface area contributed by atoms with Crippen LogP contribution in [0.3, 0.4) is 0 Å². The van der Waals surface area contributed by atoms with Crippen molar-refractivity contribution in [2.75, 3.05) is 0 Å². The van der Waals surface area contributed by atoms with Crippen molar-refractivity contribution in [1.82, 2.24) is 0 Å². The zero-order valence-corrected chi connectivity index (χ0v) is 9.75. The van der Waals surface area contributed by atoms with Crippen LogP contribution in [0.15, 0.2) is 0 Å². The quantitative estimate of drug-likeness (QED) is 0.389. The van der Waals surface area contributed by atoms with E-state index in [0.29, 0.717) is 0 Å². The maximum atomic E-state index is 2.25. The van der Waals surface area contributed by atoms with Crippen LogP contribution >= 0.6 is 8.58 Å². The minimum atomic E-state index is 0. The van der Waals surface area contributed by atoms with Crippen molar-refractivity contribution >= 4 is 31.6 Å². The van der Waals surface area contributed by atoms with Crippen LogP contribution in [0.1, 0.15) is 27.7 Å². The molecule has 0 heterocycles. The fourth-order valence-electron chi connectivity index (χ4n) is 0.596. The number of halogens is 1. The van der Waals surface area contributed by atoms with E-state index in [1.165, 1.54) is 0 Å². The summed E-state index contributed by atoms with van der Waals surface area (Å²) < 4.78 is 0. The van der Waals surface area contributed by atoms with Gasteiger partial charge in [-0.1, -0.05) is 27.7 Å². The molecule has 9 heavy (non-hydrogen) atoms. The van der Waals surface area contributed by atoms with Crippen molar-refractivity contribution in [2.45, 2.75) is 39.0 Å². The van der Waals surface area contributed by atoms with Crippen molar-refractivity contribution in [3.05, 3.63) is 0 Å². The normalized spacial score (nSPS) is 8.67. The zero-order valence-electron chi connectivity index (χ0n) is 6.69. The fraction of sp³-hybridized carbons (Fsp3) is 1.00. The Kier molecular flexibility index (Phi) is 17.7. The Labute approximate surface area is 82.9 Å². The van der Waals surface area contributed by atoms with Crippen molar-refractivity contribution in [1.29, 1.82) is 0 Å². The largest absolute Gasteiger partial charge is 2.00 e. The molecular weight excluding hydrogens is 163 g/mol. The molecule has 0 radical (unpaired) electrons. The summed E-state index contributed by atoms with van der Waals surface area (Å²) in [4.78, 5) is 0. The van der Waals surface area contributed by atoms with Crippen molar-refractivity contribution in [2.24, 2.45) is 0 Å². The minimum Gasteiger partial charge on any atom is -1.00 e. The Morgan fingerprint density at radius 3 is 1.11 bits per heavy atom. The van der Waals surface area contributed by atoms with E-state index < -0.39 is 0 Å². The first-order valence-electron chi connectivity index (χ1n) is 2.83. The standard InChI is InChI=1S/C6H14P.ClH.Mg/c1-5(2)7-6(3)4;;/h5-6H,1-4H3;1H;/q-1;;+2/p-1. The van der Waals surface area contributed by atoms with E-state index in [4.69, 9.17) is 0 Å². The summed E-state index contributed by atoms with van der Waals surface area (Å²) in [6, 6.07) is 0. The van der Waals surface area contributed by atoms with Gasteiger partial charge in [-0.15, -0.1) is 0 Å². The van der Waals surface area contributed by atoms with E-state index in [9.17, 15) is 0 Å². The van der Waals surface area contributed by atoms with Gasteiger partial charge in [-0.3, -0.25) is 0 Å². The van der Waals surface area contributed by atoms with Crippen LogP contribution in [0, 0.1) is 0 Å². The molecule has 0 aliphatic carbocycles. The van der Waals surface area contributed by atoms with Gasteiger partial charge in [0.15, 0.2) is 0 Å². The number of rotatable bonds is 2. The minimum absolute atomic E-state index is 0. The Morgan fingerprint density at radius 1 is 0.889 bits per heavy atom. The van der Waals surface area contributed by atoms with Crippen LogP contribution in [0.5, 0.6) is 0 Å². The molecule has 0 aromatic rings. The molecule has 0 spiro atoms. The van der Waals surface area contributed by atoms with E-state index in [0.717, 1.165) is 11.3 Å². The SMILES string of the molecule is CC(C)[P-]C(C)C.[Cl-].[Mg+2]. The van der Waals surface area contributed by atoms with Gasteiger partial charge in [0.2, 0.25) is 0 Å².